The normalized spacial score (nSPS) is 12.4. The molecule has 1 aromatic carbocycles. The summed E-state index contributed by atoms with van der Waals surface area (Å²) in [5.41, 5.74) is 4.74. The summed E-state index contributed by atoms with van der Waals surface area (Å²) < 4.78 is 3.01. The van der Waals surface area contributed by atoms with Crippen molar-refractivity contribution in [3.63, 3.8) is 0 Å². The number of hydrogen-bond donors (Lipinski definition) is 2. The van der Waals surface area contributed by atoms with Gasteiger partial charge in [-0.1, -0.05) is 41.9 Å². The molecule has 136 valence electrons. The number of halogens is 1. The Labute approximate surface area is 159 Å². The Balaban J connectivity index is 1.97. The van der Waals surface area contributed by atoms with Crippen LogP contribution in [0.1, 0.15) is 36.4 Å². The van der Waals surface area contributed by atoms with Gasteiger partial charge < -0.3 is 10.6 Å². The van der Waals surface area contributed by atoms with Crippen molar-refractivity contribution < 1.29 is 0 Å². The zero-order valence-corrected chi connectivity index (χ0v) is 17.5. The van der Waals surface area contributed by atoms with Crippen molar-refractivity contribution >= 4 is 21.9 Å². The molecule has 0 amide bonds. The molecule has 0 fully saturated rings. The van der Waals surface area contributed by atoms with Gasteiger partial charge in [0.2, 0.25) is 0 Å². The molecule has 25 heavy (non-hydrogen) atoms. The van der Waals surface area contributed by atoms with Crippen LogP contribution in [0.25, 0.3) is 0 Å². The first-order chi connectivity index (χ1) is 11.7. The zero-order valence-electron chi connectivity index (χ0n) is 15.9. The molecule has 0 saturated heterocycles. The summed E-state index contributed by atoms with van der Waals surface area (Å²) in [4.78, 5) is 4.34. The molecular weight excluding hydrogens is 378 g/mol. The van der Waals surface area contributed by atoms with E-state index in [-0.39, 0.29) is 5.41 Å². The second-order valence-electron chi connectivity index (χ2n) is 6.94. The van der Waals surface area contributed by atoms with E-state index in [1.165, 1.54) is 16.8 Å². The minimum atomic E-state index is -0.00153. The van der Waals surface area contributed by atoms with Crippen molar-refractivity contribution in [2.75, 3.05) is 13.6 Å². The zero-order chi connectivity index (χ0) is 18.6. The Morgan fingerprint density at radius 2 is 1.84 bits per heavy atom. The molecule has 2 N–H and O–H groups in total. The smallest absolute Gasteiger partial charge is 0.191 e. The molecule has 2 aromatic rings. The van der Waals surface area contributed by atoms with Crippen LogP contribution in [-0.4, -0.2) is 29.3 Å². The first kappa shape index (κ1) is 19.5. The number of nitrogens with zero attached hydrogens (tertiary/aromatic N) is 3. The fourth-order valence-electron chi connectivity index (χ4n) is 2.77. The predicted molar refractivity (Wildman–Crippen MR) is 108 cm³/mol. The molecule has 0 saturated carbocycles. The van der Waals surface area contributed by atoms with Crippen molar-refractivity contribution in [1.82, 2.24) is 20.4 Å². The van der Waals surface area contributed by atoms with Crippen LogP contribution in [0.3, 0.4) is 0 Å². The number of aromatic nitrogens is 2. The van der Waals surface area contributed by atoms with Gasteiger partial charge in [0.25, 0.3) is 0 Å². The summed E-state index contributed by atoms with van der Waals surface area (Å²) in [6.45, 7) is 10.1. The molecule has 0 unspecified atom stereocenters. The molecular formula is C19H28BrN5. The maximum Gasteiger partial charge on any atom is 0.191 e. The SMILES string of the molecule is CN=C(NCc1c(C)nn(C)c1C)NCC(C)(C)c1ccc(Br)cc1. The van der Waals surface area contributed by atoms with E-state index < -0.39 is 0 Å². The third kappa shape index (κ3) is 4.84. The van der Waals surface area contributed by atoms with E-state index >= 15 is 0 Å². The molecule has 0 radical (unpaired) electrons. The predicted octanol–water partition coefficient (Wildman–Crippen LogP) is 3.44. The highest BCUT2D eigenvalue weighted by Crippen LogP contribution is 2.24. The van der Waals surface area contributed by atoms with Crippen molar-refractivity contribution in [3.8, 4) is 0 Å². The summed E-state index contributed by atoms with van der Waals surface area (Å²) in [5.74, 6) is 0.799. The Morgan fingerprint density at radius 3 is 2.36 bits per heavy atom. The van der Waals surface area contributed by atoms with Crippen molar-refractivity contribution in [2.45, 2.75) is 39.7 Å². The van der Waals surface area contributed by atoms with Gasteiger partial charge in [-0.3, -0.25) is 9.67 Å². The lowest BCUT2D eigenvalue weighted by molar-refractivity contribution is 0.508. The van der Waals surface area contributed by atoms with E-state index in [1.807, 2.05) is 18.7 Å². The van der Waals surface area contributed by atoms with Gasteiger partial charge in [-0.2, -0.15) is 5.10 Å². The van der Waals surface area contributed by atoms with E-state index in [1.54, 1.807) is 7.05 Å². The lowest BCUT2D eigenvalue weighted by Crippen LogP contribution is -2.43. The number of rotatable bonds is 5. The molecule has 0 spiro atoms. The van der Waals surface area contributed by atoms with Gasteiger partial charge >= 0.3 is 0 Å². The lowest BCUT2D eigenvalue weighted by Gasteiger charge is -2.27. The first-order valence-electron chi connectivity index (χ1n) is 8.44. The van der Waals surface area contributed by atoms with Crippen LogP contribution < -0.4 is 10.6 Å². The molecule has 0 aliphatic heterocycles. The Bertz CT molecular complexity index is 744. The fraction of sp³-hybridized carbons (Fsp3) is 0.474. The van der Waals surface area contributed by atoms with Gasteiger partial charge in [-0.15, -0.1) is 0 Å². The molecule has 0 atom stereocenters. The average Bonchev–Trinajstić information content (AvgIpc) is 2.81. The molecule has 0 bridgehead atoms. The highest BCUT2D eigenvalue weighted by molar-refractivity contribution is 9.10. The highest BCUT2D eigenvalue weighted by Gasteiger charge is 2.21. The van der Waals surface area contributed by atoms with Gasteiger partial charge in [-0.05, 0) is 31.5 Å². The Kier molecular flexibility index (Phi) is 6.27. The summed E-state index contributed by atoms with van der Waals surface area (Å²) in [6, 6.07) is 8.48. The van der Waals surface area contributed by atoms with E-state index in [0.29, 0.717) is 6.54 Å². The monoisotopic (exact) mass is 405 g/mol. The van der Waals surface area contributed by atoms with Crippen LogP contribution in [0, 0.1) is 13.8 Å². The van der Waals surface area contributed by atoms with Gasteiger partial charge in [0.05, 0.1) is 5.69 Å². The van der Waals surface area contributed by atoms with Crippen LogP contribution in [0.2, 0.25) is 0 Å². The maximum absolute atomic E-state index is 4.46. The summed E-state index contributed by atoms with van der Waals surface area (Å²) in [6.07, 6.45) is 0. The highest BCUT2D eigenvalue weighted by atomic mass is 79.9. The molecule has 0 aliphatic carbocycles. The van der Waals surface area contributed by atoms with Gasteiger partial charge in [0.15, 0.2) is 5.96 Å². The molecule has 1 aromatic heterocycles. The standard InChI is InChI=1S/C19H28BrN5/c1-13-17(14(2)25(6)24-13)11-22-18(21-5)23-12-19(3,4)15-7-9-16(20)10-8-15/h7-10H,11-12H2,1-6H3,(H2,21,22,23). The minimum absolute atomic E-state index is 0.00153. The third-order valence-corrected chi connectivity index (χ3v) is 5.17. The quantitative estimate of drug-likeness (QED) is 0.591. The van der Waals surface area contributed by atoms with Crippen molar-refractivity contribution in [3.05, 3.63) is 51.3 Å². The van der Waals surface area contributed by atoms with E-state index in [9.17, 15) is 0 Å². The number of guanidine groups is 1. The fourth-order valence-corrected chi connectivity index (χ4v) is 3.04. The van der Waals surface area contributed by atoms with Crippen LogP contribution in [-0.2, 0) is 19.0 Å². The van der Waals surface area contributed by atoms with Gasteiger partial charge in [0.1, 0.15) is 0 Å². The maximum atomic E-state index is 4.46. The number of benzene rings is 1. The van der Waals surface area contributed by atoms with Crippen LogP contribution in [0.15, 0.2) is 33.7 Å². The van der Waals surface area contributed by atoms with E-state index in [2.05, 4.69) is 81.7 Å². The first-order valence-corrected chi connectivity index (χ1v) is 9.23. The third-order valence-electron chi connectivity index (χ3n) is 4.64. The number of nitrogens with one attached hydrogen (secondary N) is 2. The van der Waals surface area contributed by atoms with Crippen LogP contribution in [0.5, 0.6) is 0 Å². The Hall–Kier alpha value is -1.82. The molecule has 0 aliphatic rings. The average molecular weight is 406 g/mol. The van der Waals surface area contributed by atoms with E-state index in [0.717, 1.165) is 22.7 Å². The topological polar surface area (TPSA) is 54.2 Å². The lowest BCUT2D eigenvalue weighted by atomic mass is 9.85. The van der Waals surface area contributed by atoms with Crippen molar-refractivity contribution in [2.24, 2.45) is 12.0 Å². The summed E-state index contributed by atoms with van der Waals surface area (Å²) >= 11 is 3.49. The summed E-state index contributed by atoms with van der Waals surface area (Å²) in [7, 11) is 3.77. The molecule has 1 heterocycles. The largest absolute Gasteiger partial charge is 0.356 e. The van der Waals surface area contributed by atoms with Gasteiger partial charge in [-0.25, -0.2) is 0 Å². The van der Waals surface area contributed by atoms with Crippen molar-refractivity contribution in [1.29, 1.82) is 0 Å². The van der Waals surface area contributed by atoms with Crippen LogP contribution in [0.4, 0.5) is 0 Å². The number of aliphatic imine (C=N–C) groups is 1. The van der Waals surface area contributed by atoms with Gasteiger partial charge in [0, 0.05) is 48.3 Å². The second kappa shape index (κ2) is 8.04. The molecule has 6 heteroatoms. The summed E-state index contributed by atoms with van der Waals surface area (Å²) in [5, 5.41) is 11.3. The second-order valence-corrected chi connectivity index (χ2v) is 7.86. The Morgan fingerprint density at radius 1 is 1.20 bits per heavy atom. The minimum Gasteiger partial charge on any atom is -0.356 e. The molecule has 2 rings (SSSR count). The molecule has 5 nitrogen and oxygen atoms in total. The van der Waals surface area contributed by atoms with E-state index in [4.69, 9.17) is 0 Å². The number of hydrogen-bond acceptors (Lipinski definition) is 2. The number of aryl methyl sites for hydroxylation is 2. The van der Waals surface area contributed by atoms with Crippen LogP contribution >= 0.6 is 15.9 Å².